The largest absolute Gasteiger partial charge is 0.394 e. The van der Waals surface area contributed by atoms with E-state index in [2.05, 4.69) is 4.98 Å². The van der Waals surface area contributed by atoms with E-state index in [4.69, 9.17) is 15.6 Å². The number of aromatic nitrogens is 2. The van der Waals surface area contributed by atoms with Gasteiger partial charge in [-0.05, 0) is 5.56 Å². The van der Waals surface area contributed by atoms with Crippen LogP contribution < -0.4 is 11.4 Å². The van der Waals surface area contributed by atoms with Crippen molar-refractivity contribution in [3.8, 4) is 11.1 Å². The van der Waals surface area contributed by atoms with Crippen LogP contribution in [-0.4, -0.2) is 38.6 Å². The highest BCUT2D eigenvalue weighted by molar-refractivity contribution is 5.72. The Kier molecular flexibility index (Phi) is 3.93. The lowest BCUT2D eigenvalue weighted by atomic mass is 10.1. The van der Waals surface area contributed by atoms with Crippen LogP contribution in [-0.2, 0) is 4.74 Å². The van der Waals surface area contributed by atoms with Crippen LogP contribution >= 0.6 is 0 Å². The SMILES string of the molecule is Nc1nc(=O)n([C@@H]2C[C@H](O)[C@@H](CO)O2)cc1-c1ccccc1. The molecular formula is C15H17N3O4. The molecule has 0 saturated carbocycles. The third-order valence-corrected chi connectivity index (χ3v) is 3.76. The number of anilines is 1. The van der Waals surface area contributed by atoms with E-state index in [0.29, 0.717) is 5.56 Å². The molecule has 3 atom stereocenters. The number of hydrogen-bond acceptors (Lipinski definition) is 6. The number of nitrogen functional groups attached to an aromatic ring is 1. The molecule has 2 aromatic rings. The fourth-order valence-corrected chi connectivity index (χ4v) is 2.58. The van der Waals surface area contributed by atoms with Crippen LogP contribution in [0.1, 0.15) is 12.6 Å². The first-order chi connectivity index (χ1) is 10.6. The van der Waals surface area contributed by atoms with Crippen LogP contribution in [0.5, 0.6) is 0 Å². The smallest absolute Gasteiger partial charge is 0.351 e. The zero-order valence-corrected chi connectivity index (χ0v) is 11.8. The van der Waals surface area contributed by atoms with Crippen LogP contribution in [0.2, 0.25) is 0 Å². The summed E-state index contributed by atoms with van der Waals surface area (Å²) < 4.78 is 6.81. The number of nitrogens with zero attached hydrogens (tertiary/aromatic N) is 2. The normalized spacial score (nSPS) is 24.5. The summed E-state index contributed by atoms with van der Waals surface area (Å²) in [5.74, 6) is 0.143. The van der Waals surface area contributed by atoms with Gasteiger partial charge in [-0.15, -0.1) is 0 Å². The van der Waals surface area contributed by atoms with Gasteiger partial charge in [-0.2, -0.15) is 4.98 Å². The van der Waals surface area contributed by atoms with Gasteiger partial charge in [-0.3, -0.25) is 4.57 Å². The summed E-state index contributed by atoms with van der Waals surface area (Å²) in [6.07, 6.45) is -0.397. The van der Waals surface area contributed by atoms with Gasteiger partial charge < -0.3 is 20.7 Å². The first-order valence-corrected chi connectivity index (χ1v) is 6.98. The highest BCUT2D eigenvalue weighted by Crippen LogP contribution is 2.29. The number of aliphatic hydroxyl groups excluding tert-OH is 2. The molecule has 2 heterocycles. The summed E-state index contributed by atoms with van der Waals surface area (Å²) in [5.41, 5.74) is 6.75. The lowest BCUT2D eigenvalue weighted by molar-refractivity contribution is -0.0458. The van der Waals surface area contributed by atoms with E-state index in [9.17, 15) is 9.90 Å². The third kappa shape index (κ3) is 2.61. The van der Waals surface area contributed by atoms with Crippen LogP contribution in [0, 0.1) is 0 Å². The fraction of sp³-hybridized carbons (Fsp3) is 0.333. The summed E-state index contributed by atoms with van der Waals surface area (Å²) >= 11 is 0. The summed E-state index contributed by atoms with van der Waals surface area (Å²) in [4.78, 5) is 15.9. The second-order valence-corrected chi connectivity index (χ2v) is 5.21. The molecule has 0 bridgehead atoms. The van der Waals surface area contributed by atoms with Gasteiger partial charge in [0.2, 0.25) is 0 Å². The van der Waals surface area contributed by atoms with Gasteiger partial charge in [-0.25, -0.2) is 4.79 Å². The summed E-state index contributed by atoms with van der Waals surface area (Å²) in [6, 6.07) is 9.33. The standard InChI is InChI=1S/C15H17N3O4/c16-14-10(9-4-2-1-3-5-9)7-18(15(21)17-14)13-6-11(20)12(8-19)22-13/h1-5,7,11-13,19-20H,6,8H2,(H2,16,17,21)/t11-,12+,13-/m0/s1. The second kappa shape index (κ2) is 5.88. The molecule has 22 heavy (non-hydrogen) atoms. The molecular weight excluding hydrogens is 286 g/mol. The first kappa shape index (κ1) is 14.7. The molecule has 0 aliphatic carbocycles. The molecule has 1 saturated heterocycles. The Labute approximate surface area is 126 Å². The van der Waals surface area contributed by atoms with Crippen LogP contribution in [0.4, 0.5) is 5.82 Å². The molecule has 0 amide bonds. The minimum absolute atomic E-state index is 0.143. The minimum Gasteiger partial charge on any atom is -0.394 e. The van der Waals surface area contributed by atoms with Crippen molar-refractivity contribution in [1.82, 2.24) is 9.55 Å². The van der Waals surface area contributed by atoms with E-state index < -0.39 is 24.1 Å². The summed E-state index contributed by atoms with van der Waals surface area (Å²) in [6.45, 7) is -0.305. The number of rotatable bonds is 3. The van der Waals surface area contributed by atoms with Crippen molar-refractivity contribution in [1.29, 1.82) is 0 Å². The second-order valence-electron chi connectivity index (χ2n) is 5.21. The minimum atomic E-state index is -0.820. The van der Waals surface area contributed by atoms with E-state index in [0.717, 1.165) is 5.56 Å². The molecule has 1 aromatic heterocycles. The molecule has 4 N–H and O–H groups in total. The van der Waals surface area contributed by atoms with Gasteiger partial charge in [0, 0.05) is 18.2 Å². The Balaban J connectivity index is 2.01. The summed E-state index contributed by atoms with van der Waals surface area (Å²) in [5, 5.41) is 18.9. The molecule has 116 valence electrons. The van der Waals surface area contributed by atoms with Crippen LogP contribution in [0.25, 0.3) is 11.1 Å². The molecule has 0 unspecified atom stereocenters. The van der Waals surface area contributed by atoms with E-state index in [-0.39, 0.29) is 18.8 Å². The summed E-state index contributed by atoms with van der Waals surface area (Å²) in [7, 11) is 0. The van der Waals surface area contributed by atoms with Crippen molar-refractivity contribution in [2.75, 3.05) is 12.3 Å². The Hall–Kier alpha value is -2.22. The molecule has 1 aromatic carbocycles. The van der Waals surface area contributed by atoms with Crippen molar-refractivity contribution in [3.05, 3.63) is 47.0 Å². The Morgan fingerprint density at radius 1 is 1.36 bits per heavy atom. The third-order valence-electron chi connectivity index (χ3n) is 3.76. The zero-order valence-electron chi connectivity index (χ0n) is 11.8. The van der Waals surface area contributed by atoms with E-state index >= 15 is 0 Å². The average Bonchev–Trinajstić information content (AvgIpc) is 2.89. The topological polar surface area (TPSA) is 111 Å². The zero-order chi connectivity index (χ0) is 15.7. The highest BCUT2D eigenvalue weighted by atomic mass is 16.5. The molecule has 7 heteroatoms. The van der Waals surface area contributed by atoms with Crippen LogP contribution in [0.15, 0.2) is 41.3 Å². The Morgan fingerprint density at radius 2 is 2.09 bits per heavy atom. The number of benzene rings is 1. The van der Waals surface area contributed by atoms with E-state index in [1.54, 1.807) is 6.20 Å². The van der Waals surface area contributed by atoms with Crippen molar-refractivity contribution in [3.63, 3.8) is 0 Å². The van der Waals surface area contributed by atoms with Crippen molar-refractivity contribution in [2.24, 2.45) is 0 Å². The molecule has 7 nitrogen and oxygen atoms in total. The maximum Gasteiger partial charge on any atom is 0.351 e. The lowest BCUT2D eigenvalue weighted by Gasteiger charge is -2.16. The van der Waals surface area contributed by atoms with Gasteiger partial charge >= 0.3 is 5.69 Å². The maximum absolute atomic E-state index is 12.1. The van der Waals surface area contributed by atoms with Gasteiger partial charge in [0.1, 0.15) is 18.1 Å². The van der Waals surface area contributed by atoms with Gasteiger partial charge in [0.05, 0.1) is 12.7 Å². The molecule has 0 spiro atoms. The predicted molar refractivity (Wildman–Crippen MR) is 80.0 cm³/mol. The van der Waals surface area contributed by atoms with Crippen molar-refractivity contribution < 1.29 is 14.9 Å². The monoisotopic (exact) mass is 303 g/mol. The van der Waals surface area contributed by atoms with E-state index in [1.807, 2.05) is 30.3 Å². The van der Waals surface area contributed by atoms with Crippen LogP contribution in [0.3, 0.4) is 0 Å². The Morgan fingerprint density at radius 3 is 2.73 bits per heavy atom. The van der Waals surface area contributed by atoms with Gasteiger partial charge in [0.15, 0.2) is 0 Å². The predicted octanol–water partition coefficient (Wildman–Crippen LogP) is 0.133. The highest BCUT2D eigenvalue weighted by Gasteiger charge is 2.35. The van der Waals surface area contributed by atoms with Crippen molar-refractivity contribution in [2.45, 2.75) is 24.9 Å². The lowest BCUT2D eigenvalue weighted by Crippen LogP contribution is -2.28. The van der Waals surface area contributed by atoms with Gasteiger partial charge in [0.25, 0.3) is 0 Å². The molecule has 0 radical (unpaired) electrons. The molecule has 1 aliphatic rings. The van der Waals surface area contributed by atoms with Crippen molar-refractivity contribution >= 4 is 5.82 Å². The number of ether oxygens (including phenoxy) is 1. The average molecular weight is 303 g/mol. The first-order valence-electron chi connectivity index (χ1n) is 6.98. The fourth-order valence-electron chi connectivity index (χ4n) is 2.58. The Bertz CT molecular complexity index is 716. The number of nitrogens with two attached hydrogens (primary N) is 1. The molecule has 3 rings (SSSR count). The van der Waals surface area contributed by atoms with Gasteiger partial charge in [-0.1, -0.05) is 30.3 Å². The quantitative estimate of drug-likeness (QED) is 0.743. The number of aliphatic hydroxyl groups is 2. The molecule has 1 fully saturated rings. The van der Waals surface area contributed by atoms with E-state index in [1.165, 1.54) is 4.57 Å². The molecule has 1 aliphatic heterocycles. The number of hydrogen-bond donors (Lipinski definition) is 3. The maximum atomic E-state index is 12.1.